The Hall–Kier alpha value is -2.32. The van der Waals surface area contributed by atoms with Crippen LogP contribution in [0.25, 0.3) is 0 Å². The van der Waals surface area contributed by atoms with E-state index >= 15 is 0 Å². The minimum absolute atomic E-state index is 0.0998. The van der Waals surface area contributed by atoms with E-state index in [0.29, 0.717) is 18.4 Å². The maximum atomic E-state index is 12.0. The molecule has 1 heterocycles. The first-order valence-corrected chi connectivity index (χ1v) is 9.69. The Morgan fingerprint density at radius 2 is 1.93 bits per heavy atom. The van der Waals surface area contributed by atoms with Crippen molar-refractivity contribution in [1.82, 2.24) is 10.4 Å². The van der Waals surface area contributed by atoms with Crippen LogP contribution in [-0.2, 0) is 9.53 Å². The molecule has 1 saturated carbocycles. The maximum absolute atomic E-state index is 12.0. The summed E-state index contributed by atoms with van der Waals surface area (Å²) in [6, 6.07) is 3.17. The van der Waals surface area contributed by atoms with Crippen molar-refractivity contribution < 1.29 is 24.5 Å². The number of nitrogens with one attached hydrogen (secondary N) is 1. The topological polar surface area (TPSA) is 121 Å². The average Bonchev–Trinajstić information content (AvgIpc) is 2.97. The number of aliphatic hydroxyl groups excluding tert-OH is 2. The summed E-state index contributed by atoms with van der Waals surface area (Å²) in [5.41, 5.74) is 2.89. The number of rotatable bonds is 10. The van der Waals surface area contributed by atoms with E-state index in [2.05, 4.69) is 20.2 Å². The number of nitrogens with zero attached hydrogens (tertiary/aromatic N) is 2. The van der Waals surface area contributed by atoms with Gasteiger partial charge in [0.2, 0.25) is 0 Å². The molecule has 0 saturated heterocycles. The lowest BCUT2D eigenvalue weighted by atomic mass is 9.89. The van der Waals surface area contributed by atoms with Crippen LogP contribution in [0.2, 0.25) is 0 Å². The number of amides is 1. The maximum Gasteiger partial charge on any atom is 0.305 e. The lowest BCUT2D eigenvalue weighted by Crippen LogP contribution is -2.25. The predicted molar refractivity (Wildman–Crippen MR) is 104 cm³/mol. The van der Waals surface area contributed by atoms with Crippen LogP contribution in [0.4, 0.5) is 0 Å². The minimum atomic E-state index is -0.680. The Labute approximate surface area is 165 Å². The van der Waals surface area contributed by atoms with Gasteiger partial charge in [0.25, 0.3) is 5.91 Å². The number of aromatic nitrogens is 1. The summed E-state index contributed by atoms with van der Waals surface area (Å²) in [4.78, 5) is 26.9. The number of pyridine rings is 1. The highest BCUT2D eigenvalue weighted by Crippen LogP contribution is 2.35. The molecule has 1 amide bonds. The first-order valence-electron chi connectivity index (χ1n) is 9.69. The van der Waals surface area contributed by atoms with Crippen LogP contribution in [0.15, 0.2) is 29.6 Å². The fourth-order valence-corrected chi connectivity index (χ4v) is 3.57. The lowest BCUT2D eigenvalue weighted by molar-refractivity contribution is -0.140. The number of hydrogen-bond donors (Lipinski definition) is 3. The summed E-state index contributed by atoms with van der Waals surface area (Å²) in [7, 11) is 1.39. The van der Waals surface area contributed by atoms with Gasteiger partial charge in [-0.05, 0) is 30.9 Å². The normalized spacial score (nSPS) is 24.4. The molecule has 0 spiro atoms. The van der Waals surface area contributed by atoms with E-state index in [4.69, 9.17) is 0 Å². The second-order valence-electron chi connectivity index (χ2n) is 7.10. The predicted octanol–water partition coefficient (Wildman–Crippen LogP) is 1.67. The summed E-state index contributed by atoms with van der Waals surface area (Å²) in [5, 5.41) is 24.4. The van der Waals surface area contributed by atoms with Gasteiger partial charge in [0.1, 0.15) is 0 Å². The van der Waals surface area contributed by atoms with E-state index in [0.717, 1.165) is 32.1 Å². The molecule has 1 fully saturated rings. The summed E-state index contributed by atoms with van der Waals surface area (Å²) in [6.07, 6.45) is 8.34. The molecule has 1 aromatic heterocycles. The molecule has 28 heavy (non-hydrogen) atoms. The quantitative estimate of drug-likeness (QED) is 0.241. The largest absolute Gasteiger partial charge is 0.469 e. The van der Waals surface area contributed by atoms with Crippen molar-refractivity contribution in [3.8, 4) is 0 Å². The van der Waals surface area contributed by atoms with Gasteiger partial charge in [-0.15, -0.1) is 0 Å². The smallest absolute Gasteiger partial charge is 0.305 e. The highest BCUT2D eigenvalue weighted by Gasteiger charge is 2.40. The molecule has 8 nitrogen and oxygen atoms in total. The van der Waals surface area contributed by atoms with Crippen molar-refractivity contribution in [2.75, 3.05) is 7.11 Å². The van der Waals surface area contributed by atoms with Crippen LogP contribution in [-0.4, -0.2) is 52.6 Å². The number of unbranched alkanes of at least 4 members (excludes halogenated alkanes) is 3. The van der Waals surface area contributed by atoms with Crippen LogP contribution in [0.3, 0.4) is 0 Å². The number of hydrazone groups is 1. The van der Waals surface area contributed by atoms with Gasteiger partial charge in [0, 0.05) is 42.9 Å². The molecule has 1 aliphatic carbocycles. The number of ether oxygens (including phenoxy) is 1. The highest BCUT2D eigenvalue weighted by molar-refractivity contribution is 5.94. The van der Waals surface area contributed by atoms with Gasteiger partial charge in [-0.2, -0.15) is 5.10 Å². The fraction of sp³-hybridized carbons (Fsp3) is 0.600. The molecule has 2 rings (SSSR count). The molecule has 0 aromatic carbocycles. The van der Waals surface area contributed by atoms with E-state index in [-0.39, 0.29) is 23.7 Å². The van der Waals surface area contributed by atoms with Gasteiger partial charge in [0.15, 0.2) is 0 Å². The fourth-order valence-electron chi connectivity index (χ4n) is 3.57. The number of carbonyl (C=O) groups excluding carboxylic acids is 2. The van der Waals surface area contributed by atoms with E-state index in [1.165, 1.54) is 25.7 Å². The zero-order valence-corrected chi connectivity index (χ0v) is 16.2. The molecule has 8 heteroatoms. The number of aliphatic hydroxyl groups is 2. The van der Waals surface area contributed by atoms with Crippen molar-refractivity contribution in [2.45, 2.75) is 57.2 Å². The van der Waals surface area contributed by atoms with Gasteiger partial charge >= 0.3 is 5.97 Å². The second-order valence-corrected chi connectivity index (χ2v) is 7.10. The number of carbonyl (C=O) groups is 2. The van der Waals surface area contributed by atoms with Crippen molar-refractivity contribution >= 4 is 18.1 Å². The van der Waals surface area contributed by atoms with Gasteiger partial charge in [-0.3, -0.25) is 14.6 Å². The molecule has 0 bridgehead atoms. The third-order valence-corrected chi connectivity index (χ3v) is 5.17. The number of hydrogen-bond acceptors (Lipinski definition) is 7. The summed E-state index contributed by atoms with van der Waals surface area (Å²) in [5.74, 6) is -0.951. The van der Waals surface area contributed by atoms with Gasteiger partial charge in [0.05, 0.1) is 19.3 Å². The monoisotopic (exact) mass is 391 g/mol. The third-order valence-electron chi connectivity index (χ3n) is 5.17. The van der Waals surface area contributed by atoms with Crippen LogP contribution < -0.4 is 5.43 Å². The Bertz CT molecular complexity index is 653. The van der Waals surface area contributed by atoms with Crippen molar-refractivity contribution in [1.29, 1.82) is 0 Å². The molecular formula is C20H29N3O5. The highest BCUT2D eigenvalue weighted by atomic mass is 16.5. The molecule has 4 atom stereocenters. The second kappa shape index (κ2) is 11.5. The Kier molecular flexibility index (Phi) is 9.03. The third kappa shape index (κ3) is 6.69. The summed E-state index contributed by atoms with van der Waals surface area (Å²) >= 11 is 0. The molecular weight excluding hydrogens is 362 g/mol. The van der Waals surface area contributed by atoms with Crippen molar-refractivity contribution in [3.05, 3.63) is 30.1 Å². The standard InChI is InChI=1S/C20H29N3O5/c1-28-19(26)7-5-3-2-4-6-15-16(18(25)12-17(15)24)13-22-23-20(27)14-8-10-21-11-9-14/h8-11,13,15-18,24-25H,2-7,12H2,1H3,(H,23,27)/b22-13+/t15-,16-,17+,18-/m1/s1. The molecule has 0 radical (unpaired) electrons. The number of esters is 1. The van der Waals surface area contributed by atoms with E-state index in [1.54, 1.807) is 12.1 Å². The Morgan fingerprint density at radius 1 is 1.21 bits per heavy atom. The van der Waals surface area contributed by atoms with E-state index in [9.17, 15) is 19.8 Å². The van der Waals surface area contributed by atoms with Gasteiger partial charge in [-0.1, -0.05) is 19.3 Å². The SMILES string of the molecule is COC(=O)CCCCCC[C@@H]1[C@@H](/C=N/NC(=O)c2ccncc2)[C@H](O)C[C@@H]1O. The molecule has 0 aliphatic heterocycles. The first kappa shape index (κ1) is 22.0. The zero-order chi connectivity index (χ0) is 20.4. The van der Waals surface area contributed by atoms with Crippen LogP contribution in [0, 0.1) is 11.8 Å². The van der Waals surface area contributed by atoms with Gasteiger partial charge < -0.3 is 14.9 Å². The molecule has 154 valence electrons. The zero-order valence-electron chi connectivity index (χ0n) is 16.2. The van der Waals surface area contributed by atoms with E-state index in [1.807, 2.05) is 0 Å². The minimum Gasteiger partial charge on any atom is -0.469 e. The van der Waals surface area contributed by atoms with Crippen LogP contribution >= 0.6 is 0 Å². The average molecular weight is 391 g/mol. The van der Waals surface area contributed by atoms with Crippen molar-refractivity contribution in [2.24, 2.45) is 16.9 Å². The lowest BCUT2D eigenvalue weighted by Gasteiger charge is -2.20. The van der Waals surface area contributed by atoms with Crippen LogP contribution in [0.5, 0.6) is 0 Å². The first-order chi connectivity index (χ1) is 13.5. The summed E-state index contributed by atoms with van der Waals surface area (Å²) in [6.45, 7) is 0. The van der Waals surface area contributed by atoms with Crippen LogP contribution in [0.1, 0.15) is 55.3 Å². The van der Waals surface area contributed by atoms with E-state index < -0.39 is 12.2 Å². The van der Waals surface area contributed by atoms with Gasteiger partial charge in [-0.25, -0.2) is 5.43 Å². The molecule has 0 unspecified atom stereocenters. The van der Waals surface area contributed by atoms with Crippen molar-refractivity contribution in [3.63, 3.8) is 0 Å². The summed E-state index contributed by atoms with van der Waals surface area (Å²) < 4.78 is 4.61. The molecule has 3 N–H and O–H groups in total. The molecule has 1 aromatic rings. The molecule has 1 aliphatic rings. The Morgan fingerprint density at radius 3 is 2.64 bits per heavy atom. The Balaban J connectivity index is 1.77. The number of methoxy groups -OCH3 is 1.